The number of hydrogen-bond acceptors (Lipinski definition) is 3. The van der Waals surface area contributed by atoms with Crippen molar-refractivity contribution >= 4 is 17.7 Å². The van der Waals surface area contributed by atoms with Gasteiger partial charge in [0.25, 0.3) is 0 Å². The smallest absolute Gasteiger partial charge is 0.335 e. The van der Waals surface area contributed by atoms with Crippen LogP contribution in [0.1, 0.15) is 35.2 Å². The summed E-state index contributed by atoms with van der Waals surface area (Å²) in [6.07, 6.45) is 3.16. The van der Waals surface area contributed by atoms with Gasteiger partial charge in [0.15, 0.2) is 0 Å². The Morgan fingerprint density at radius 3 is 2.90 bits per heavy atom. The van der Waals surface area contributed by atoms with Crippen molar-refractivity contribution in [1.29, 1.82) is 0 Å². The molecule has 0 radical (unpaired) electrons. The summed E-state index contributed by atoms with van der Waals surface area (Å²) in [7, 11) is 0. The van der Waals surface area contributed by atoms with Crippen molar-refractivity contribution < 1.29 is 19.4 Å². The van der Waals surface area contributed by atoms with Crippen LogP contribution >= 0.6 is 0 Å². The topological polar surface area (TPSA) is 87.7 Å². The third-order valence-corrected chi connectivity index (χ3v) is 3.51. The molecule has 0 saturated carbocycles. The van der Waals surface area contributed by atoms with Gasteiger partial charge in [0, 0.05) is 18.8 Å². The fourth-order valence-corrected chi connectivity index (χ4v) is 2.27. The van der Waals surface area contributed by atoms with Crippen molar-refractivity contribution in [1.82, 2.24) is 5.32 Å². The number of anilines is 1. The molecule has 1 atom stereocenters. The average Bonchev–Trinajstić information content (AvgIpc) is 2.94. The number of aromatic carboxylic acids is 1. The van der Waals surface area contributed by atoms with Crippen LogP contribution in [0.3, 0.4) is 0 Å². The molecule has 2 amide bonds. The molecule has 1 aliphatic heterocycles. The van der Waals surface area contributed by atoms with Gasteiger partial charge in [-0.25, -0.2) is 9.59 Å². The van der Waals surface area contributed by atoms with Crippen LogP contribution in [0, 0.1) is 6.92 Å². The summed E-state index contributed by atoms with van der Waals surface area (Å²) in [5.74, 6) is -1.02. The van der Waals surface area contributed by atoms with Crippen LogP contribution in [-0.4, -0.2) is 36.4 Å². The first-order valence-corrected chi connectivity index (χ1v) is 7.06. The molecule has 6 nitrogen and oxygen atoms in total. The van der Waals surface area contributed by atoms with Crippen LogP contribution in [0.15, 0.2) is 18.2 Å². The number of hydrogen-bond donors (Lipinski definition) is 3. The first-order valence-electron chi connectivity index (χ1n) is 7.06. The van der Waals surface area contributed by atoms with Crippen molar-refractivity contribution in [3.63, 3.8) is 0 Å². The molecule has 2 rings (SSSR count). The Hall–Kier alpha value is -2.08. The summed E-state index contributed by atoms with van der Waals surface area (Å²) in [5.41, 5.74) is 1.47. The van der Waals surface area contributed by atoms with E-state index in [4.69, 9.17) is 9.84 Å². The maximum atomic E-state index is 11.8. The summed E-state index contributed by atoms with van der Waals surface area (Å²) in [4.78, 5) is 22.7. The third kappa shape index (κ3) is 4.46. The number of carboxylic acid groups (broad SMARTS) is 1. The van der Waals surface area contributed by atoms with Crippen LogP contribution in [0.5, 0.6) is 0 Å². The van der Waals surface area contributed by atoms with Gasteiger partial charge in [0.1, 0.15) is 0 Å². The second-order valence-corrected chi connectivity index (χ2v) is 5.14. The lowest BCUT2D eigenvalue weighted by Gasteiger charge is -2.12. The number of rotatable bonds is 5. The number of aryl methyl sites for hydroxylation is 1. The standard InChI is InChI=1S/C15H20N2O4/c1-10-4-5-11(14(18)19)9-13(10)17-15(20)16-7-6-12-3-2-8-21-12/h4-5,9,12H,2-3,6-8H2,1H3,(H,18,19)(H2,16,17,20). The minimum absolute atomic E-state index is 0.148. The van der Waals surface area contributed by atoms with E-state index >= 15 is 0 Å². The van der Waals surface area contributed by atoms with Crippen LogP contribution in [-0.2, 0) is 4.74 Å². The predicted molar refractivity (Wildman–Crippen MR) is 78.8 cm³/mol. The Balaban J connectivity index is 1.84. The summed E-state index contributed by atoms with van der Waals surface area (Å²) in [5, 5.41) is 14.4. The van der Waals surface area contributed by atoms with Gasteiger partial charge in [-0.05, 0) is 43.9 Å². The lowest BCUT2D eigenvalue weighted by Crippen LogP contribution is -2.31. The van der Waals surface area contributed by atoms with Gasteiger partial charge >= 0.3 is 12.0 Å². The first-order chi connectivity index (χ1) is 10.1. The summed E-state index contributed by atoms with van der Waals surface area (Å²) in [6.45, 7) is 3.15. The molecule has 0 aliphatic carbocycles. The molecule has 114 valence electrons. The second-order valence-electron chi connectivity index (χ2n) is 5.14. The summed E-state index contributed by atoms with van der Waals surface area (Å²) in [6, 6.07) is 4.31. The third-order valence-electron chi connectivity index (χ3n) is 3.51. The molecule has 0 spiro atoms. The highest BCUT2D eigenvalue weighted by Gasteiger charge is 2.15. The molecule has 0 aromatic heterocycles. The molecule has 1 aromatic rings. The van der Waals surface area contributed by atoms with Crippen LogP contribution < -0.4 is 10.6 Å². The Kier molecular flexibility index (Phi) is 5.16. The number of carbonyl (C=O) groups is 2. The van der Waals surface area contributed by atoms with Gasteiger partial charge in [-0.15, -0.1) is 0 Å². The maximum Gasteiger partial charge on any atom is 0.335 e. The Morgan fingerprint density at radius 1 is 1.43 bits per heavy atom. The number of amides is 2. The molecule has 1 aromatic carbocycles. The van der Waals surface area contributed by atoms with Gasteiger partial charge in [0.05, 0.1) is 11.7 Å². The summed E-state index contributed by atoms with van der Waals surface area (Å²) < 4.78 is 5.48. The van der Waals surface area contributed by atoms with Gasteiger partial charge in [-0.2, -0.15) is 0 Å². The molecular formula is C15H20N2O4. The largest absolute Gasteiger partial charge is 0.478 e. The van der Waals surface area contributed by atoms with Crippen molar-refractivity contribution in [2.75, 3.05) is 18.5 Å². The Morgan fingerprint density at radius 2 is 2.24 bits per heavy atom. The molecule has 1 unspecified atom stereocenters. The number of carboxylic acids is 1. The summed E-state index contributed by atoms with van der Waals surface area (Å²) >= 11 is 0. The number of ether oxygens (including phenoxy) is 1. The molecule has 0 bridgehead atoms. The molecule has 1 aliphatic rings. The molecule has 1 fully saturated rings. The monoisotopic (exact) mass is 292 g/mol. The zero-order chi connectivity index (χ0) is 15.2. The van der Waals surface area contributed by atoms with Crippen molar-refractivity contribution in [3.8, 4) is 0 Å². The van der Waals surface area contributed by atoms with Crippen molar-refractivity contribution in [2.45, 2.75) is 32.3 Å². The van der Waals surface area contributed by atoms with Crippen molar-refractivity contribution in [3.05, 3.63) is 29.3 Å². The fraction of sp³-hybridized carbons (Fsp3) is 0.467. The number of nitrogens with one attached hydrogen (secondary N) is 2. The van der Waals surface area contributed by atoms with Crippen LogP contribution in [0.25, 0.3) is 0 Å². The van der Waals surface area contributed by atoms with E-state index in [2.05, 4.69) is 10.6 Å². The van der Waals surface area contributed by atoms with E-state index in [1.165, 1.54) is 12.1 Å². The number of urea groups is 1. The fourth-order valence-electron chi connectivity index (χ4n) is 2.27. The van der Waals surface area contributed by atoms with E-state index in [1.807, 2.05) is 6.92 Å². The lowest BCUT2D eigenvalue weighted by molar-refractivity contribution is 0.0697. The molecule has 1 saturated heterocycles. The molecule has 3 N–H and O–H groups in total. The number of carbonyl (C=O) groups excluding carboxylic acids is 1. The Labute approximate surface area is 123 Å². The first kappa shape index (κ1) is 15.3. The van der Waals surface area contributed by atoms with E-state index in [-0.39, 0.29) is 17.7 Å². The van der Waals surface area contributed by atoms with E-state index in [0.717, 1.165) is 31.4 Å². The van der Waals surface area contributed by atoms with E-state index in [1.54, 1.807) is 6.07 Å². The molecule has 6 heteroatoms. The van der Waals surface area contributed by atoms with E-state index in [0.29, 0.717) is 12.2 Å². The normalized spacial score (nSPS) is 17.5. The van der Waals surface area contributed by atoms with Crippen molar-refractivity contribution in [2.24, 2.45) is 0 Å². The lowest BCUT2D eigenvalue weighted by atomic mass is 10.1. The average molecular weight is 292 g/mol. The predicted octanol–water partition coefficient (Wildman–Crippen LogP) is 2.38. The molecular weight excluding hydrogens is 272 g/mol. The minimum atomic E-state index is -1.02. The van der Waals surface area contributed by atoms with E-state index in [9.17, 15) is 9.59 Å². The highest BCUT2D eigenvalue weighted by molar-refractivity contribution is 5.93. The van der Waals surface area contributed by atoms with E-state index < -0.39 is 5.97 Å². The zero-order valence-electron chi connectivity index (χ0n) is 12.0. The number of benzene rings is 1. The SMILES string of the molecule is Cc1ccc(C(=O)O)cc1NC(=O)NCCC1CCCO1. The maximum absolute atomic E-state index is 11.8. The second kappa shape index (κ2) is 7.08. The highest BCUT2D eigenvalue weighted by atomic mass is 16.5. The van der Waals surface area contributed by atoms with Crippen LogP contribution in [0.2, 0.25) is 0 Å². The zero-order valence-corrected chi connectivity index (χ0v) is 12.0. The molecule has 1 heterocycles. The van der Waals surface area contributed by atoms with Gasteiger partial charge in [0.2, 0.25) is 0 Å². The molecule has 21 heavy (non-hydrogen) atoms. The van der Waals surface area contributed by atoms with Gasteiger partial charge in [-0.3, -0.25) is 0 Å². The van der Waals surface area contributed by atoms with Crippen LogP contribution in [0.4, 0.5) is 10.5 Å². The van der Waals surface area contributed by atoms with Gasteiger partial charge in [-0.1, -0.05) is 6.07 Å². The highest BCUT2D eigenvalue weighted by Crippen LogP contribution is 2.17. The quantitative estimate of drug-likeness (QED) is 0.777. The minimum Gasteiger partial charge on any atom is -0.478 e. The Bertz CT molecular complexity index is 524. The van der Waals surface area contributed by atoms with Gasteiger partial charge < -0.3 is 20.5 Å².